The van der Waals surface area contributed by atoms with E-state index in [0.717, 1.165) is 18.5 Å². The summed E-state index contributed by atoms with van der Waals surface area (Å²) in [5.74, 6) is 0. The minimum Gasteiger partial charge on any atom is -0.376 e. The molecule has 1 fully saturated rings. The average molecular weight is 298 g/mol. The molecular weight excluding hydrogens is 274 g/mol. The smallest absolute Gasteiger partial charge is 0.263 e. The third kappa shape index (κ3) is 3.78. The van der Waals surface area contributed by atoms with E-state index in [1.165, 1.54) is 6.07 Å². The van der Waals surface area contributed by atoms with Crippen LogP contribution in [0.4, 0.5) is 8.78 Å². The molecule has 0 radical (unpaired) electrons. The summed E-state index contributed by atoms with van der Waals surface area (Å²) in [7, 11) is 0. The molecule has 0 amide bonds. The van der Waals surface area contributed by atoms with Gasteiger partial charge in [-0.15, -0.1) is 0 Å². The van der Waals surface area contributed by atoms with Crippen molar-refractivity contribution < 1.29 is 13.5 Å². The number of morpholine rings is 1. The number of ether oxygens (including phenoxy) is 1. The van der Waals surface area contributed by atoms with Crippen molar-refractivity contribution in [3.63, 3.8) is 0 Å². The third-order valence-electron chi connectivity index (χ3n) is 4.15. The van der Waals surface area contributed by atoms with Gasteiger partial charge in [0.05, 0.1) is 12.7 Å². The Kier molecular flexibility index (Phi) is 5.67. The molecule has 3 unspecified atom stereocenters. The molecule has 3 atom stereocenters. The van der Waals surface area contributed by atoms with E-state index in [2.05, 4.69) is 11.8 Å². The second kappa shape index (κ2) is 7.29. The van der Waals surface area contributed by atoms with Crippen LogP contribution in [-0.2, 0) is 4.74 Å². The van der Waals surface area contributed by atoms with E-state index in [1.54, 1.807) is 12.1 Å². The molecule has 21 heavy (non-hydrogen) atoms. The first-order valence-electron chi connectivity index (χ1n) is 7.52. The van der Waals surface area contributed by atoms with Crippen molar-refractivity contribution in [3.05, 3.63) is 35.4 Å². The fourth-order valence-electron chi connectivity index (χ4n) is 2.97. The summed E-state index contributed by atoms with van der Waals surface area (Å²) >= 11 is 0. The van der Waals surface area contributed by atoms with Gasteiger partial charge in [0.15, 0.2) is 0 Å². The molecule has 2 rings (SSSR count). The number of alkyl halides is 2. The van der Waals surface area contributed by atoms with Gasteiger partial charge >= 0.3 is 0 Å². The molecule has 0 saturated carbocycles. The largest absolute Gasteiger partial charge is 0.376 e. The highest BCUT2D eigenvalue weighted by Crippen LogP contribution is 2.29. The van der Waals surface area contributed by atoms with Gasteiger partial charge in [0.1, 0.15) is 0 Å². The van der Waals surface area contributed by atoms with Gasteiger partial charge in [-0.2, -0.15) is 0 Å². The summed E-state index contributed by atoms with van der Waals surface area (Å²) in [5.41, 5.74) is 6.87. The Morgan fingerprint density at radius 3 is 2.71 bits per heavy atom. The number of rotatable bonds is 5. The van der Waals surface area contributed by atoms with Gasteiger partial charge in [0.25, 0.3) is 6.43 Å². The zero-order valence-corrected chi connectivity index (χ0v) is 12.6. The maximum absolute atomic E-state index is 12.9. The molecule has 1 aliphatic heterocycles. The normalized spacial score (nSPS) is 25.2. The molecule has 0 aromatic heterocycles. The monoisotopic (exact) mass is 298 g/mol. The summed E-state index contributed by atoms with van der Waals surface area (Å²) < 4.78 is 31.5. The van der Waals surface area contributed by atoms with E-state index in [1.807, 2.05) is 13.0 Å². The zero-order chi connectivity index (χ0) is 15.4. The van der Waals surface area contributed by atoms with Gasteiger partial charge in [-0.25, -0.2) is 8.78 Å². The van der Waals surface area contributed by atoms with Crippen LogP contribution in [0.2, 0.25) is 0 Å². The fourth-order valence-corrected chi connectivity index (χ4v) is 2.97. The minimum absolute atomic E-state index is 0.0417. The van der Waals surface area contributed by atoms with Crippen molar-refractivity contribution >= 4 is 0 Å². The number of hydrogen-bond acceptors (Lipinski definition) is 3. The first kappa shape index (κ1) is 16.3. The van der Waals surface area contributed by atoms with Crippen molar-refractivity contribution in [1.82, 2.24) is 4.90 Å². The average Bonchev–Trinajstić information content (AvgIpc) is 2.48. The molecule has 1 aromatic rings. The molecule has 118 valence electrons. The second-order valence-electron chi connectivity index (χ2n) is 5.63. The molecule has 0 bridgehead atoms. The number of halogens is 2. The van der Waals surface area contributed by atoms with Crippen molar-refractivity contribution in [2.75, 3.05) is 19.7 Å². The second-order valence-corrected chi connectivity index (χ2v) is 5.63. The lowest BCUT2D eigenvalue weighted by atomic mass is 9.99. The molecule has 3 nitrogen and oxygen atoms in total. The number of benzene rings is 1. The van der Waals surface area contributed by atoms with Crippen LogP contribution in [0.25, 0.3) is 0 Å². The SMILES string of the molecule is CCC1COC(C)CN1C(CN)c1cccc(C(F)F)c1. The molecule has 0 spiro atoms. The first-order valence-corrected chi connectivity index (χ1v) is 7.52. The van der Waals surface area contributed by atoms with Crippen molar-refractivity contribution in [3.8, 4) is 0 Å². The van der Waals surface area contributed by atoms with E-state index in [9.17, 15) is 8.78 Å². The maximum Gasteiger partial charge on any atom is 0.263 e. The quantitative estimate of drug-likeness (QED) is 0.907. The summed E-state index contributed by atoms with van der Waals surface area (Å²) in [4.78, 5) is 2.30. The molecule has 1 saturated heterocycles. The third-order valence-corrected chi connectivity index (χ3v) is 4.15. The van der Waals surface area contributed by atoms with E-state index in [0.29, 0.717) is 13.2 Å². The first-order chi connectivity index (χ1) is 10.1. The van der Waals surface area contributed by atoms with Crippen molar-refractivity contribution in [1.29, 1.82) is 0 Å². The molecule has 2 N–H and O–H groups in total. The van der Waals surface area contributed by atoms with E-state index >= 15 is 0 Å². The van der Waals surface area contributed by atoms with Crippen LogP contribution in [0, 0.1) is 0 Å². The van der Waals surface area contributed by atoms with Gasteiger partial charge in [-0.05, 0) is 25.0 Å². The number of nitrogens with two attached hydrogens (primary N) is 1. The Morgan fingerprint density at radius 2 is 2.10 bits per heavy atom. The molecule has 1 aliphatic rings. The van der Waals surface area contributed by atoms with Crippen LogP contribution in [0.15, 0.2) is 24.3 Å². The van der Waals surface area contributed by atoms with E-state index in [4.69, 9.17) is 10.5 Å². The van der Waals surface area contributed by atoms with Gasteiger partial charge in [0, 0.05) is 30.7 Å². The Bertz CT molecular complexity index is 456. The van der Waals surface area contributed by atoms with Crippen LogP contribution in [0.5, 0.6) is 0 Å². The van der Waals surface area contributed by atoms with Crippen LogP contribution in [0.3, 0.4) is 0 Å². The van der Waals surface area contributed by atoms with Crippen LogP contribution >= 0.6 is 0 Å². The highest BCUT2D eigenvalue weighted by Gasteiger charge is 2.31. The summed E-state index contributed by atoms with van der Waals surface area (Å²) in [6, 6.07) is 6.85. The van der Waals surface area contributed by atoms with Crippen LogP contribution in [0.1, 0.15) is 43.9 Å². The number of hydrogen-bond donors (Lipinski definition) is 1. The topological polar surface area (TPSA) is 38.5 Å². The van der Waals surface area contributed by atoms with Gasteiger partial charge in [0.2, 0.25) is 0 Å². The molecule has 0 aliphatic carbocycles. The highest BCUT2D eigenvalue weighted by atomic mass is 19.3. The van der Waals surface area contributed by atoms with Gasteiger partial charge in [-0.3, -0.25) is 4.90 Å². The predicted molar refractivity (Wildman–Crippen MR) is 79.4 cm³/mol. The molecule has 1 aromatic carbocycles. The zero-order valence-electron chi connectivity index (χ0n) is 12.6. The molecular formula is C16H24F2N2O. The van der Waals surface area contributed by atoms with Crippen LogP contribution in [-0.4, -0.2) is 36.7 Å². The summed E-state index contributed by atoms with van der Waals surface area (Å²) in [6.45, 7) is 6.00. The molecule has 1 heterocycles. The maximum atomic E-state index is 12.9. The minimum atomic E-state index is -2.45. The van der Waals surface area contributed by atoms with Crippen molar-refractivity contribution in [2.45, 2.75) is 44.9 Å². The lowest BCUT2D eigenvalue weighted by Crippen LogP contribution is -2.51. The summed E-state index contributed by atoms with van der Waals surface area (Å²) in [5, 5.41) is 0. The fraction of sp³-hybridized carbons (Fsp3) is 0.625. The van der Waals surface area contributed by atoms with E-state index < -0.39 is 6.43 Å². The Morgan fingerprint density at radius 1 is 1.38 bits per heavy atom. The Hall–Kier alpha value is -1.04. The Balaban J connectivity index is 2.26. The lowest BCUT2D eigenvalue weighted by molar-refractivity contribution is -0.0719. The lowest BCUT2D eigenvalue weighted by Gasteiger charge is -2.43. The van der Waals surface area contributed by atoms with Crippen LogP contribution < -0.4 is 5.73 Å². The van der Waals surface area contributed by atoms with Gasteiger partial charge < -0.3 is 10.5 Å². The predicted octanol–water partition coefficient (Wildman–Crippen LogP) is 3.12. The number of nitrogens with zero attached hydrogens (tertiary/aromatic N) is 1. The van der Waals surface area contributed by atoms with Gasteiger partial charge in [-0.1, -0.05) is 25.1 Å². The summed E-state index contributed by atoms with van der Waals surface area (Å²) in [6.07, 6.45) is -1.35. The molecule has 5 heteroatoms. The van der Waals surface area contributed by atoms with Crippen molar-refractivity contribution in [2.24, 2.45) is 5.73 Å². The standard InChI is InChI=1S/C16H24F2N2O/c1-3-14-10-21-11(2)9-20(14)15(8-19)12-5-4-6-13(7-12)16(17)18/h4-7,11,14-16H,3,8-10,19H2,1-2H3. The van der Waals surface area contributed by atoms with E-state index in [-0.39, 0.29) is 23.8 Å². The Labute approximate surface area is 125 Å². The highest BCUT2D eigenvalue weighted by molar-refractivity contribution is 5.27.